The van der Waals surface area contributed by atoms with Gasteiger partial charge in [0.15, 0.2) is 0 Å². The van der Waals surface area contributed by atoms with Gasteiger partial charge < -0.3 is 10.5 Å². The van der Waals surface area contributed by atoms with E-state index in [4.69, 9.17) is 10.5 Å². The van der Waals surface area contributed by atoms with E-state index in [2.05, 4.69) is 5.10 Å². The Kier molecular flexibility index (Phi) is 4.48. The largest absolute Gasteiger partial charge is 0.459 e. The highest BCUT2D eigenvalue weighted by atomic mass is 19.4. The molecule has 1 aromatic rings. The zero-order chi connectivity index (χ0) is 15.7. The van der Waals surface area contributed by atoms with E-state index >= 15 is 0 Å². The molecule has 0 radical (unpaired) electrons. The molecule has 2 N–H and O–H groups in total. The average molecular weight is 293 g/mol. The predicted octanol–water partition coefficient (Wildman–Crippen LogP) is 2.13. The molecule has 0 aliphatic carbocycles. The second kappa shape index (κ2) is 5.43. The van der Waals surface area contributed by atoms with E-state index in [1.54, 1.807) is 20.8 Å². The van der Waals surface area contributed by atoms with Gasteiger partial charge in [-0.3, -0.25) is 9.48 Å². The number of ether oxygens (including phenoxy) is 1. The van der Waals surface area contributed by atoms with Crippen molar-refractivity contribution in [1.82, 2.24) is 9.78 Å². The maximum atomic E-state index is 12.5. The Hall–Kier alpha value is -1.57. The molecule has 20 heavy (non-hydrogen) atoms. The summed E-state index contributed by atoms with van der Waals surface area (Å²) in [6, 6.07) is -1.85. The first-order valence-corrected chi connectivity index (χ1v) is 6.01. The molecule has 8 heteroatoms. The van der Waals surface area contributed by atoms with Crippen LogP contribution in [0.1, 0.15) is 39.3 Å². The minimum absolute atomic E-state index is 0.686. The first-order chi connectivity index (χ1) is 8.92. The van der Waals surface area contributed by atoms with Crippen LogP contribution in [0.2, 0.25) is 0 Å². The van der Waals surface area contributed by atoms with Crippen LogP contribution in [0.4, 0.5) is 13.2 Å². The molecule has 1 heterocycles. The summed E-state index contributed by atoms with van der Waals surface area (Å²) in [5.41, 5.74) is 4.10. The van der Waals surface area contributed by atoms with Crippen LogP contribution < -0.4 is 5.73 Å². The van der Waals surface area contributed by atoms with Crippen LogP contribution in [0, 0.1) is 0 Å². The van der Waals surface area contributed by atoms with Gasteiger partial charge in [0.05, 0.1) is 17.8 Å². The monoisotopic (exact) mass is 293 g/mol. The molecular weight excluding hydrogens is 275 g/mol. The Morgan fingerprint density at radius 2 is 1.95 bits per heavy atom. The lowest BCUT2D eigenvalue weighted by molar-refractivity contribution is -0.157. The molecule has 0 aliphatic heterocycles. The van der Waals surface area contributed by atoms with Crippen molar-refractivity contribution in [3.63, 3.8) is 0 Å². The lowest BCUT2D eigenvalue weighted by atomic mass is 10.1. The maximum absolute atomic E-state index is 12.5. The number of nitrogens with two attached hydrogens (primary N) is 1. The van der Waals surface area contributed by atoms with Crippen LogP contribution in [0.25, 0.3) is 0 Å². The van der Waals surface area contributed by atoms with Crippen molar-refractivity contribution in [1.29, 1.82) is 0 Å². The summed E-state index contributed by atoms with van der Waals surface area (Å²) in [7, 11) is 0. The fourth-order valence-electron chi connectivity index (χ4n) is 1.44. The minimum Gasteiger partial charge on any atom is -0.459 e. The average Bonchev–Trinajstić information content (AvgIpc) is 2.73. The molecule has 0 spiro atoms. The Labute approximate surface area is 114 Å². The lowest BCUT2D eigenvalue weighted by Crippen LogP contribution is -2.42. The van der Waals surface area contributed by atoms with Gasteiger partial charge in [0, 0.05) is 6.20 Å². The summed E-state index contributed by atoms with van der Waals surface area (Å²) >= 11 is 0. The summed E-state index contributed by atoms with van der Waals surface area (Å²) in [4.78, 5) is 11.8. The fraction of sp³-hybridized carbons (Fsp3) is 0.667. The number of carbonyl (C=O) groups is 1. The molecule has 0 saturated carbocycles. The van der Waals surface area contributed by atoms with Crippen molar-refractivity contribution in [2.24, 2.45) is 5.73 Å². The van der Waals surface area contributed by atoms with Gasteiger partial charge in [-0.05, 0) is 27.7 Å². The number of hydrogen-bond acceptors (Lipinski definition) is 4. The molecule has 1 rings (SSSR count). The summed E-state index contributed by atoms with van der Waals surface area (Å²) in [5, 5.41) is 3.59. The third-order valence-corrected chi connectivity index (χ3v) is 2.54. The molecule has 0 amide bonds. The van der Waals surface area contributed by atoms with Crippen LogP contribution >= 0.6 is 0 Å². The third-order valence-electron chi connectivity index (χ3n) is 2.54. The number of aromatic nitrogens is 2. The van der Waals surface area contributed by atoms with E-state index in [0.29, 0.717) is 6.20 Å². The molecular formula is C12H18F3N3O2. The topological polar surface area (TPSA) is 70.1 Å². The quantitative estimate of drug-likeness (QED) is 0.867. The summed E-state index contributed by atoms with van der Waals surface area (Å²) in [5.74, 6) is -0.686. The Morgan fingerprint density at radius 1 is 1.40 bits per heavy atom. The smallest absolute Gasteiger partial charge is 0.419 e. The van der Waals surface area contributed by atoms with Gasteiger partial charge in [0.25, 0.3) is 0 Å². The number of nitrogens with zero attached hydrogens (tertiary/aromatic N) is 2. The zero-order valence-corrected chi connectivity index (χ0v) is 11.7. The molecule has 5 nitrogen and oxygen atoms in total. The molecule has 0 saturated heterocycles. The number of halogens is 3. The number of hydrogen-bond donors (Lipinski definition) is 1. The summed E-state index contributed by atoms with van der Waals surface area (Å²) in [6.07, 6.45) is -2.97. The fourth-order valence-corrected chi connectivity index (χ4v) is 1.44. The van der Waals surface area contributed by atoms with Gasteiger partial charge in [0.2, 0.25) is 0 Å². The molecule has 0 aliphatic rings. The highest BCUT2D eigenvalue weighted by Crippen LogP contribution is 2.29. The van der Waals surface area contributed by atoms with Crippen molar-refractivity contribution < 1.29 is 22.7 Å². The van der Waals surface area contributed by atoms with Crippen LogP contribution in [0.3, 0.4) is 0 Å². The normalized spacial score (nSPS) is 15.8. The highest BCUT2D eigenvalue weighted by Gasteiger charge is 2.34. The number of alkyl halides is 3. The SMILES string of the molecule is CC(C(N)C(=O)OC(C)(C)C)n1cc(C(F)(F)F)cn1. The minimum atomic E-state index is -4.48. The van der Waals surface area contributed by atoms with Crippen LogP contribution in [0.15, 0.2) is 12.4 Å². The lowest BCUT2D eigenvalue weighted by Gasteiger charge is -2.25. The first kappa shape index (κ1) is 16.5. The molecule has 114 valence electrons. The summed E-state index contributed by atoms with van der Waals surface area (Å²) < 4.78 is 43.5. The predicted molar refractivity (Wildman–Crippen MR) is 65.8 cm³/mol. The van der Waals surface area contributed by atoms with E-state index in [1.165, 1.54) is 6.92 Å². The van der Waals surface area contributed by atoms with Crippen LogP contribution in [-0.2, 0) is 15.7 Å². The molecule has 0 fully saturated rings. The molecule has 0 bridgehead atoms. The van der Waals surface area contributed by atoms with E-state index in [-0.39, 0.29) is 0 Å². The standard InChI is InChI=1S/C12H18F3N3O2/c1-7(9(16)10(19)20-11(2,3)4)18-6-8(5-17-18)12(13,14)15/h5-7,9H,16H2,1-4H3. The van der Waals surface area contributed by atoms with E-state index in [0.717, 1.165) is 10.9 Å². The van der Waals surface area contributed by atoms with Crippen molar-refractivity contribution in [2.45, 2.75) is 51.6 Å². The molecule has 1 aromatic heterocycles. The van der Waals surface area contributed by atoms with Gasteiger partial charge in [-0.25, -0.2) is 0 Å². The van der Waals surface area contributed by atoms with Crippen molar-refractivity contribution in [2.75, 3.05) is 0 Å². The molecule has 2 atom stereocenters. The highest BCUT2D eigenvalue weighted by molar-refractivity contribution is 5.76. The number of esters is 1. The van der Waals surface area contributed by atoms with Crippen LogP contribution in [-0.4, -0.2) is 27.4 Å². The number of rotatable bonds is 3. The van der Waals surface area contributed by atoms with Gasteiger partial charge in [0.1, 0.15) is 11.6 Å². The van der Waals surface area contributed by atoms with Gasteiger partial charge in [-0.2, -0.15) is 18.3 Å². The van der Waals surface area contributed by atoms with Gasteiger partial charge >= 0.3 is 12.1 Å². The Morgan fingerprint density at radius 3 is 2.35 bits per heavy atom. The Bertz CT molecular complexity index is 477. The van der Waals surface area contributed by atoms with Crippen LogP contribution in [0.5, 0.6) is 0 Å². The van der Waals surface area contributed by atoms with E-state index in [1.807, 2.05) is 0 Å². The third kappa shape index (κ3) is 4.22. The van der Waals surface area contributed by atoms with Crippen molar-refractivity contribution in [3.8, 4) is 0 Å². The molecule has 0 aromatic carbocycles. The summed E-state index contributed by atoms with van der Waals surface area (Å²) in [6.45, 7) is 6.54. The van der Waals surface area contributed by atoms with Crippen molar-refractivity contribution in [3.05, 3.63) is 18.0 Å². The second-order valence-corrected chi connectivity index (χ2v) is 5.51. The Balaban J connectivity index is 2.82. The van der Waals surface area contributed by atoms with Gasteiger partial charge in [-0.1, -0.05) is 0 Å². The zero-order valence-electron chi connectivity index (χ0n) is 11.7. The van der Waals surface area contributed by atoms with E-state index < -0.39 is 35.4 Å². The second-order valence-electron chi connectivity index (χ2n) is 5.51. The number of carbonyl (C=O) groups excluding carboxylic acids is 1. The molecule has 2 unspecified atom stereocenters. The van der Waals surface area contributed by atoms with E-state index in [9.17, 15) is 18.0 Å². The first-order valence-electron chi connectivity index (χ1n) is 6.01. The maximum Gasteiger partial charge on any atom is 0.419 e. The van der Waals surface area contributed by atoms with Gasteiger partial charge in [-0.15, -0.1) is 0 Å². The van der Waals surface area contributed by atoms with Crippen molar-refractivity contribution >= 4 is 5.97 Å².